The van der Waals surface area contributed by atoms with Gasteiger partial charge in [-0.15, -0.1) is 11.3 Å². The molecule has 22 heavy (non-hydrogen) atoms. The van der Waals surface area contributed by atoms with Crippen LogP contribution in [0.25, 0.3) is 0 Å². The summed E-state index contributed by atoms with van der Waals surface area (Å²) < 4.78 is 5.73. The number of hydrogen-bond donors (Lipinski definition) is 0. The van der Waals surface area contributed by atoms with Gasteiger partial charge in [-0.2, -0.15) is 5.26 Å². The van der Waals surface area contributed by atoms with Gasteiger partial charge in [0, 0.05) is 44.3 Å². The van der Waals surface area contributed by atoms with Gasteiger partial charge in [-0.1, -0.05) is 0 Å². The van der Waals surface area contributed by atoms with Crippen LogP contribution in [0.2, 0.25) is 0 Å². The lowest BCUT2D eigenvalue weighted by atomic mass is 10.2. The third-order valence-corrected chi connectivity index (χ3v) is 4.55. The zero-order chi connectivity index (χ0) is 15.2. The number of aromatic nitrogens is 1. The summed E-state index contributed by atoms with van der Waals surface area (Å²) in [7, 11) is 0. The molecule has 6 heteroatoms. The summed E-state index contributed by atoms with van der Waals surface area (Å²) in [6.07, 6.45) is 1.86. The van der Waals surface area contributed by atoms with Crippen LogP contribution in [-0.2, 0) is 0 Å². The van der Waals surface area contributed by atoms with Crippen molar-refractivity contribution in [2.75, 3.05) is 44.2 Å². The van der Waals surface area contributed by atoms with Crippen LogP contribution in [0.4, 0.5) is 5.13 Å². The van der Waals surface area contributed by atoms with E-state index in [0.717, 1.165) is 43.6 Å². The van der Waals surface area contributed by atoms with E-state index in [1.54, 1.807) is 23.5 Å². The first kappa shape index (κ1) is 14.8. The highest BCUT2D eigenvalue weighted by atomic mass is 32.1. The topological polar surface area (TPSA) is 52.4 Å². The lowest BCUT2D eigenvalue weighted by Gasteiger charge is -2.34. The lowest BCUT2D eigenvalue weighted by molar-refractivity contribution is 0.200. The minimum absolute atomic E-state index is 0.658. The standard InChI is InChI=1S/C16H18N4OS/c17-13-14-1-3-15(4-2-14)21-11-10-19-6-8-20(9-7-19)16-18-5-12-22-16/h1-5,12H,6-11H2. The van der Waals surface area contributed by atoms with Gasteiger partial charge < -0.3 is 9.64 Å². The van der Waals surface area contributed by atoms with Crippen LogP contribution < -0.4 is 9.64 Å². The van der Waals surface area contributed by atoms with Crippen LogP contribution in [0, 0.1) is 11.3 Å². The van der Waals surface area contributed by atoms with Crippen LogP contribution in [-0.4, -0.2) is 49.2 Å². The van der Waals surface area contributed by atoms with Crippen molar-refractivity contribution in [3.63, 3.8) is 0 Å². The van der Waals surface area contributed by atoms with Crippen LogP contribution in [0.5, 0.6) is 5.75 Å². The summed E-state index contributed by atoms with van der Waals surface area (Å²) in [5.74, 6) is 0.820. The van der Waals surface area contributed by atoms with Crippen molar-refractivity contribution >= 4 is 16.5 Å². The maximum atomic E-state index is 8.76. The molecule has 0 N–H and O–H groups in total. The average molecular weight is 314 g/mol. The Balaban J connectivity index is 1.39. The molecule has 0 spiro atoms. The van der Waals surface area contributed by atoms with Crippen molar-refractivity contribution < 1.29 is 4.74 Å². The molecule has 1 aliphatic rings. The predicted molar refractivity (Wildman–Crippen MR) is 87.4 cm³/mol. The van der Waals surface area contributed by atoms with E-state index >= 15 is 0 Å². The van der Waals surface area contributed by atoms with Gasteiger partial charge in [-0.05, 0) is 24.3 Å². The number of rotatable bonds is 5. The summed E-state index contributed by atoms with van der Waals surface area (Å²) in [4.78, 5) is 9.11. The summed E-state index contributed by atoms with van der Waals surface area (Å²) in [5.41, 5.74) is 0.658. The van der Waals surface area contributed by atoms with E-state index in [-0.39, 0.29) is 0 Å². The second-order valence-corrected chi connectivity index (χ2v) is 6.00. The molecule has 1 aromatic heterocycles. The second-order valence-electron chi connectivity index (χ2n) is 5.13. The van der Waals surface area contributed by atoms with E-state index in [4.69, 9.17) is 10.00 Å². The number of ether oxygens (including phenoxy) is 1. The first-order valence-corrected chi connectivity index (χ1v) is 8.23. The lowest BCUT2D eigenvalue weighted by Crippen LogP contribution is -2.47. The summed E-state index contributed by atoms with van der Waals surface area (Å²) in [5, 5.41) is 11.9. The van der Waals surface area contributed by atoms with Gasteiger partial charge in [0.15, 0.2) is 5.13 Å². The van der Waals surface area contributed by atoms with E-state index in [1.807, 2.05) is 23.7 Å². The molecule has 2 heterocycles. The number of nitriles is 1. The van der Waals surface area contributed by atoms with Crippen LogP contribution in [0.3, 0.4) is 0 Å². The quantitative estimate of drug-likeness (QED) is 0.847. The van der Waals surface area contributed by atoms with Gasteiger partial charge in [0.2, 0.25) is 0 Å². The van der Waals surface area contributed by atoms with Gasteiger partial charge in [0.05, 0.1) is 11.6 Å². The molecule has 1 fully saturated rings. The third kappa shape index (κ3) is 3.75. The third-order valence-electron chi connectivity index (χ3n) is 3.72. The second kappa shape index (κ2) is 7.25. The first-order chi connectivity index (χ1) is 10.8. The van der Waals surface area contributed by atoms with Crippen molar-refractivity contribution in [3.8, 4) is 11.8 Å². The summed E-state index contributed by atoms with van der Waals surface area (Å²) in [6.45, 7) is 5.70. The Morgan fingerprint density at radius 2 is 1.95 bits per heavy atom. The molecule has 0 unspecified atom stereocenters. The molecule has 3 rings (SSSR count). The normalized spacial score (nSPS) is 15.5. The highest BCUT2D eigenvalue weighted by Crippen LogP contribution is 2.18. The Morgan fingerprint density at radius 1 is 1.18 bits per heavy atom. The van der Waals surface area contributed by atoms with Gasteiger partial charge >= 0.3 is 0 Å². The van der Waals surface area contributed by atoms with Crippen molar-refractivity contribution in [2.45, 2.75) is 0 Å². The molecule has 2 aromatic rings. The Labute approximate surface area is 134 Å². The number of hydrogen-bond acceptors (Lipinski definition) is 6. The average Bonchev–Trinajstić information content (AvgIpc) is 3.11. The number of benzene rings is 1. The molecule has 0 amide bonds. The summed E-state index contributed by atoms with van der Waals surface area (Å²) in [6, 6.07) is 9.36. The minimum Gasteiger partial charge on any atom is -0.492 e. The SMILES string of the molecule is N#Cc1ccc(OCCN2CCN(c3nccs3)CC2)cc1. The maximum absolute atomic E-state index is 8.76. The smallest absolute Gasteiger partial charge is 0.185 e. The fraction of sp³-hybridized carbons (Fsp3) is 0.375. The van der Waals surface area contributed by atoms with Crippen LogP contribution in [0.15, 0.2) is 35.8 Å². The molecule has 1 aromatic carbocycles. The number of thiazole rings is 1. The summed E-state index contributed by atoms with van der Waals surface area (Å²) >= 11 is 1.70. The molecule has 1 saturated heterocycles. The van der Waals surface area contributed by atoms with E-state index in [2.05, 4.69) is 20.9 Å². The van der Waals surface area contributed by atoms with E-state index < -0.39 is 0 Å². The van der Waals surface area contributed by atoms with E-state index in [1.165, 1.54) is 0 Å². The van der Waals surface area contributed by atoms with Gasteiger partial charge in [0.1, 0.15) is 12.4 Å². The Kier molecular flexibility index (Phi) is 4.88. The molecule has 1 aliphatic heterocycles. The zero-order valence-electron chi connectivity index (χ0n) is 12.3. The minimum atomic E-state index is 0.658. The molecular formula is C16H18N4OS. The molecule has 0 bridgehead atoms. The predicted octanol–water partition coefficient (Wildman–Crippen LogP) is 2.22. The number of nitrogens with zero attached hydrogens (tertiary/aromatic N) is 4. The zero-order valence-corrected chi connectivity index (χ0v) is 13.1. The number of piperazine rings is 1. The largest absolute Gasteiger partial charge is 0.492 e. The monoisotopic (exact) mass is 314 g/mol. The Hall–Kier alpha value is -2.10. The van der Waals surface area contributed by atoms with Crippen molar-refractivity contribution in [1.82, 2.24) is 9.88 Å². The van der Waals surface area contributed by atoms with Gasteiger partial charge in [-0.3, -0.25) is 4.90 Å². The fourth-order valence-electron chi connectivity index (χ4n) is 2.45. The van der Waals surface area contributed by atoms with Crippen molar-refractivity contribution in [3.05, 3.63) is 41.4 Å². The van der Waals surface area contributed by atoms with Crippen molar-refractivity contribution in [1.29, 1.82) is 5.26 Å². The fourth-order valence-corrected chi connectivity index (χ4v) is 3.15. The number of anilines is 1. The molecular weight excluding hydrogens is 296 g/mol. The molecule has 0 aliphatic carbocycles. The molecule has 0 saturated carbocycles. The van der Waals surface area contributed by atoms with Gasteiger partial charge in [-0.25, -0.2) is 4.98 Å². The first-order valence-electron chi connectivity index (χ1n) is 7.35. The van der Waals surface area contributed by atoms with E-state index in [0.29, 0.717) is 12.2 Å². The molecule has 0 atom stereocenters. The highest BCUT2D eigenvalue weighted by molar-refractivity contribution is 7.13. The maximum Gasteiger partial charge on any atom is 0.185 e. The Bertz CT molecular complexity index is 613. The van der Waals surface area contributed by atoms with Gasteiger partial charge in [0.25, 0.3) is 0 Å². The molecule has 114 valence electrons. The highest BCUT2D eigenvalue weighted by Gasteiger charge is 2.18. The van der Waals surface area contributed by atoms with Crippen LogP contribution in [0.1, 0.15) is 5.56 Å². The van der Waals surface area contributed by atoms with Crippen LogP contribution >= 0.6 is 11.3 Å². The Morgan fingerprint density at radius 3 is 2.59 bits per heavy atom. The van der Waals surface area contributed by atoms with E-state index in [9.17, 15) is 0 Å². The molecule has 5 nitrogen and oxygen atoms in total. The van der Waals surface area contributed by atoms with Crippen molar-refractivity contribution in [2.24, 2.45) is 0 Å². The molecule has 0 radical (unpaired) electrons.